The third-order valence-corrected chi connectivity index (χ3v) is 4.79. The van der Waals surface area contributed by atoms with Gasteiger partial charge >= 0.3 is 0 Å². The van der Waals surface area contributed by atoms with E-state index in [0.29, 0.717) is 24.0 Å². The number of ether oxygens (including phenoxy) is 2. The summed E-state index contributed by atoms with van der Waals surface area (Å²) in [6.45, 7) is 0.355. The molecule has 0 fully saturated rings. The summed E-state index contributed by atoms with van der Waals surface area (Å²) in [4.78, 5) is 9.44. The lowest BCUT2D eigenvalue weighted by Crippen LogP contribution is -2.02. The van der Waals surface area contributed by atoms with E-state index in [1.165, 1.54) is 0 Å². The van der Waals surface area contributed by atoms with Crippen LogP contribution in [0.25, 0.3) is 33.3 Å². The number of aromatic amines is 1. The van der Waals surface area contributed by atoms with Gasteiger partial charge in [0.2, 0.25) is 5.88 Å². The van der Waals surface area contributed by atoms with E-state index in [-0.39, 0.29) is 0 Å². The molecule has 0 saturated heterocycles. The highest BCUT2D eigenvalue weighted by atomic mass is 16.5. The maximum Gasteiger partial charge on any atom is 0.228 e. The fourth-order valence-electron chi connectivity index (χ4n) is 3.30. The molecular formula is C21H18N6O2. The molecule has 0 radical (unpaired) electrons. The van der Waals surface area contributed by atoms with Crippen LogP contribution in [0.15, 0.2) is 54.9 Å². The monoisotopic (exact) mass is 386 g/mol. The van der Waals surface area contributed by atoms with Gasteiger partial charge in [0.1, 0.15) is 17.7 Å². The van der Waals surface area contributed by atoms with E-state index in [4.69, 9.17) is 19.4 Å². The maximum absolute atomic E-state index is 6.09. The standard InChI is InChI=1S/C21H18N6O2/c1-27-20-17(11-23-27)21(29-12-13-5-3-6-14(9-13)28-2)25-19(24-20)15-7-4-8-18-16(15)10-22-26-18/h3-11H,12H2,1-2H3,(H,22,26). The van der Waals surface area contributed by atoms with Crippen molar-refractivity contribution in [2.45, 2.75) is 6.61 Å². The fourth-order valence-corrected chi connectivity index (χ4v) is 3.30. The van der Waals surface area contributed by atoms with Crippen molar-refractivity contribution in [1.82, 2.24) is 29.9 Å². The first kappa shape index (κ1) is 17.2. The van der Waals surface area contributed by atoms with Crippen LogP contribution < -0.4 is 9.47 Å². The van der Waals surface area contributed by atoms with Crippen LogP contribution in [-0.4, -0.2) is 37.1 Å². The molecule has 5 rings (SSSR count). The number of rotatable bonds is 5. The van der Waals surface area contributed by atoms with E-state index in [1.54, 1.807) is 24.2 Å². The summed E-state index contributed by atoms with van der Waals surface area (Å²) < 4.78 is 13.1. The average molecular weight is 386 g/mol. The van der Waals surface area contributed by atoms with Gasteiger partial charge in [-0.3, -0.25) is 9.78 Å². The SMILES string of the molecule is COc1cccc(COc2nc(-c3cccc4[nH]ncc34)nc3c2cnn3C)c1. The number of hydrogen-bond acceptors (Lipinski definition) is 6. The number of aryl methyl sites for hydroxylation is 1. The number of fused-ring (bicyclic) bond motifs is 2. The Bertz CT molecular complexity index is 1320. The summed E-state index contributed by atoms with van der Waals surface area (Å²) in [6.07, 6.45) is 3.50. The smallest absolute Gasteiger partial charge is 0.228 e. The second-order valence-electron chi connectivity index (χ2n) is 6.63. The summed E-state index contributed by atoms with van der Waals surface area (Å²) >= 11 is 0. The van der Waals surface area contributed by atoms with Crippen LogP contribution >= 0.6 is 0 Å². The molecule has 0 amide bonds. The number of methoxy groups -OCH3 is 1. The number of nitrogens with one attached hydrogen (secondary N) is 1. The van der Waals surface area contributed by atoms with Crippen LogP contribution in [-0.2, 0) is 13.7 Å². The highest BCUT2D eigenvalue weighted by molar-refractivity contribution is 5.93. The minimum absolute atomic E-state index is 0.355. The van der Waals surface area contributed by atoms with Gasteiger partial charge in [-0.25, -0.2) is 4.98 Å². The van der Waals surface area contributed by atoms with Gasteiger partial charge in [0.25, 0.3) is 0 Å². The predicted octanol–water partition coefficient (Wildman–Crippen LogP) is 3.49. The molecule has 8 nitrogen and oxygen atoms in total. The quantitative estimate of drug-likeness (QED) is 0.497. The van der Waals surface area contributed by atoms with Crippen molar-refractivity contribution in [2.75, 3.05) is 7.11 Å². The highest BCUT2D eigenvalue weighted by Gasteiger charge is 2.16. The number of benzene rings is 2. The lowest BCUT2D eigenvalue weighted by Gasteiger charge is -2.10. The van der Waals surface area contributed by atoms with E-state index in [1.807, 2.05) is 49.5 Å². The Labute approximate surface area is 166 Å². The summed E-state index contributed by atoms with van der Waals surface area (Å²) in [5.74, 6) is 1.84. The Morgan fingerprint density at radius 2 is 1.93 bits per heavy atom. The second-order valence-corrected chi connectivity index (χ2v) is 6.63. The molecule has 0 aliphatic rings. The molecule has 0 spiro atoms. The fraction of sp³-hybridized carbons (Fsp3) is 0.143. The van der Waals surface area contributed by atoms with Crippen LogP contribution in [0.5, 0.6) is 11.6 Å². The second kappa shape index (κ2) is 6.90. The molecule has 3 aromatic heterocycles. The molecule has 144 valence electrons. The van der Waals surface area contributed by atoms with E-state index in [0.717, 1.165) is 33.2 Å². The highest BCUT2D eigenvalue weighted by Crippen LogP contribution is 2.30. The summed E-state index contributed by atoms with van der Waals surface area (Å²) in [6, 6.07) is 13.6. The van der Waals surface area contributed by atoms with Crippen LogP contribution in [0.1, 0.15) is 5.56 Å². The molecule has 0 bridgehead atoms. The zero-order valence-corrected chi connectivity index (χ0v) is 16.0. The van der Waals surface area contributed by atoms with Crippen molar-refractivity contribution in [1.29, 1.82) is 0 Å². The zero-order valence-electron chi connectivity index (χ0n) is 16.0. The molecule has 1 N–H and O–H groups in total. The Morgan fingerprint density at radius 3 is 2.83 bits per heavy atom. The number of nitrogens with zero attached hydrogens (tertiary/aromatic N) is 5. The molecule has 5 aromatic rings. The Kier molecular flexibility index (Phi) is 4.09. The molecule has 2 aromatic carbocycles. The van der Waals surface area contributed by atoms with Crippen molar-refractivity contribution in [2.24, 2.45) is 7.05 Å². The van der Waals surface area contributed by atoms with E-state index in [2.05, 4.69) is 15.3 Å². The third-order valence-electron chi connectivity index (χ3n) is 4.79. The van der Waals surface area contributed by atoms with Crippen LogP contribution in [0, 0.1) is 0 Å². The van der Waals surface area contributed by atoms with Gasteiger partial charge in [-0.05, 0) is 23.8 Å². The Hall–Kier alpha value is -3.94. The Morgan fingerprint density at radius 1 is 1.03 bits per heavy atom. The number of aromatic nitrogens is 6. The lowest BCUT2D eigenvalue weighted by atomic mass is 10.1. The van der Waals surface area contributed by atoms with Crippen LogP contribution in [0.3, 0.4) is 0 Å². The van der Waals surface area contributed by atoms with Crippen LogP contribution in [0.2, 0.25) is 0 Å². The average Bonchev–Trinajstić information content (AvgIpc) is 3.39. The number of hydrogen-bond donors (Lipinski definition) is 1. The van der Waals surface area contributed by atoms with Crippen molar-refractivity contribution >= 4 is 21.9 Å². The van der Waals surface area contributed by atoms with E-state index >= 15 is 0 Å². The molecule has 8 heteroatoms. The summed E-state index contributed by atoms with van der Waals surface area (Å²) in [5, 5.41) is 13.1. The molecular weight excluding hydrogens is 368 g/mol. The molecule has 3 heterocycles. The predicted molar refractivity (Wildman–Crippen MR) is 109 cm³/mol. The maximum atomic E-state index is 6.09. The van der Waals surface area contributed by atoms with Crippen molar-refractivity contribution in [3.8, 4) is 23.0 Å². The largest absolute Gasteiger partial charge is 0.497 e. The van der Waals surface area contributed by atoms with Gasteiger partial charge in [0.15, 0.2) is 11.5 Å². The van der Waals surface area contributed by atoms with Crippen LogP contribution in [0.4, 0.5) is 0 Å². The Balaban J connectivity index is 1.58. The van der Waals surface area contributed by atoms with Gasteiger partial charge in [-0.2, -0.15) is 15.2 Å². The first-order valence-electron chi connectivity index (χ1n) is 9.11. The summed E-state index contributed by atoms with van der Waals surface area (Å²) in [5.41, 5.74) is 3.50. The summed E-state index contributed by atoms with van der Waals surface area (Å²) in [7, 11) is 3.50. The normalized spacial score (nSPS) is 11.2. The van der Waals surface area contributed by atoms with Crippen molar-refractivity contribution in [3.63, 3.8) is 0 Å². The molecule has 29 heavy (non-hydrogen) atoms. The molecule has 0 aliphatic carbocycles. The topological polar surface area (TPSA) is 90.7 Å². The lowest BCUT2D eigenvalue weighted by molar-refractivity contribution is 0.297. The molecule has 0 atom stereocenters. The van der Waals surface area contributed by atoms with Crippen molar-refractivity contribution < 1.29 is 9.47 Å². The number of H-pyrrole nitrogens is 1. The zero-order chi connectivity index (χ0) is 19.8. The van der Waals surface area contributed by atoms with Gasteiger partial charge < -0.3 is 9.47 Å². The van der Waals surface area contributed by atoms with E-state index in [9.17, 15) is 0 Å². The van der Waals surface area contributed by atoms with Gasteiger partial charge in [-0.1, -0.05) is 24.3 Å². The first-order valence-corrected chi connectivity index (χ1v) is 9.11. The minimum Gasteiger partial charge on any atom is -0.497 e. The van der Waals surface area contributed by atoms with Crippen molar-refractivity contribution in [3.05, 3.63) is 60.4 Å². The van der Waals surface area contributed by atoms with Gasteiger partial charge in [-0.15, -0.1) is 0 Å². The third kappa shape index (κ3) is 3.04. The molecule has 0 aliphatic heterocycles. The van der Waals surface area contributed by atoms with Gasteiger partial charge in [0, 0.05) is 18.0 Å². The first-order chi connectivity index (χ1) is 14.2. The van der Waals surface area contributed by atoms with E-state index < -0.39 is 0 Å². The molecule has 0 unspecified atom stereocenters. The minimum atomic E-state index is 0.355. The van der Waals surface area contributed by atoms with Gasteiger partial charge in [0.05, 0.1) is 25.0 Å². The molecule has 0 saturated carbocycles.